The highest BCUT2D eigenvalue weighted by atomic mass is 19.3. The van der Waals surface area contributed by atoms with E-state index in [0.717, 1.165) is 6.20 Å². The van der Waals surface area contributed by atoms with Crippen LogP contribution in [0.15, 0.2) is 6.20 Å². The van der Waals surface area contributed by atoms with E-state index in [1.807, 2.05) is 0 Å². The van der Waals surface area contributed by atoms with Crippen LogP contribution in [0.1, 0.15) is 40.5 Å². The second-order valence-electron chi connectivity index (χ2n) is 3.37. The molecule has 17 heavy (non-hydrogen) atoms. The number of alkyl halides is 2. The lowest BCUT2D eigenvalue weighted by Gasteiger charge is -2.13. The maximum atomic E-state index is 13.0. The molecule has 0 bridgehead atoms. The number of pyridine rings is 1. The maximum Gasteiger partial charge on any atom is 0.340 e. The molecule has 0 aliphatic heterocycles. The number of rotatable bonds is 4. The zero-order valence-corrected chi connectivity index (χ0v) is 9.67. The van der Waals surface area contributed by atoms with E-state index in [0.29, 0.717) is 5.69 Å². The van der Waals surface area contributed by atoms with Crippen LogP contribution in [0, 0.1) is 6.92 Å². The number of halogens is 2. The van der Waals surface area contributed by atoms with Crippen LogP contribution in [0.2, 0.25) is 0 Å². The van der Waals surface area contributed by atoms with Gasteiger partial charge in [-0.2, -0.15) is 0 Å². The van der Waals surface area contributed by atoms with Crippen LogP contribution in [0.4, 0.5) is 8.78 Å². The van der Waals surface area contributed by atoms with Crippen molar-refractivity contribution < 1.29 is 18.3 Å². The standard InChI is InChI=1S/C11H14F2N2O2/c1-3-17-11(16)8-5-15-6(2)7(4-14)9(8)10(12)13/h5,10H,3-4,14H2,1-2H3. The summed E-state index contributed by atoms with van der Waals surface area (Å²) in [4.78, 5) is 15.4. The Labute approximate surface area is 97.8 Å². The summed E-state index contributed by atoms with van der Waals surface area (Å²) in [7, 11) is 0. The zero-order valence-electron chi connectivity index (χ0n) is 9.67. The van der Waals surface area contributed by atoms with Gasteiger partial charge < -0.3 is 10.5 Å². The Morgan fingerprint density at radius 1 is 1.59 bits per heavy atom. The highest BCUT2D eigenvalue weighted by molar-refractivity contribution is 5.91. The number of esters is 1. The highest BCUT2D eigenvalue weighted by Crippen LogP contribution is 2.28. The first-order valence-corrected chi connectivity index (χ1v) is 5.16. The van der Waals surface area contributed by atoms with Crippen molar-refractivity contribution >= 4 is 5.97 Å². The average Bonchev–Trinajstić information content (AvgIpc) is 2.28. The van der Waals surface area contributed by atoms with Crippen LogP contribution in [0.5, 0.6) is 0 Å². The largest absolute Gasteiger partial charge is 0.462 e. The van der Waals surface area contributed by atoms with Crippen molar-refractivity contribution in [3.05, 3.63) is 28.6 Å². The lowest BCUT2D eigenvalue weighted by atomic mass is 10.0. The van der Waals surface area contributed by atoms with Crippen molar-refractivity contribution in [3.8, 4) is 0 Å². The van der Waals surface area contributed by atoms with Crippen LogP contribution < -0.4 is 5.73 Å². The van der Waals surface area contributed by atoms with Gasteiger partial charge in [-0.25, -0.2) is 13.6 Å². The van der Waals surface area contributed by atoms with Crippen LogP contribution >= 0.6 is 0 Å². The lowest BCUT2D eigenvalue weighted by molar-refractivity contribution is 0.0514. The van der Waals surface area contributed by atoms with Gasteiger partial charge in [0, 0.05) is 24.0 Å². The molecule has 0 fully saturated rings. The first kappa shape index (κ1) is 13.5. The van der Waals surface area contributed by atoms with E-state index < -0.39 is 12.4 Å². The minimum absolute atomic E-state index is 0.0915. The monoisotopic (exact) mass is 244 g/mol. The zero-order chi connectivity index (χ0) is 13.0. The molecule has 0 amide bonds. The van der Waals surface area contributed by atoms with E-state index in [4.69, 9.17) is 10.5 Å². The van der Waals surface area contributed by atoms with Crippen LogP contribution in [-0.2, 0) is 11.3 Å². The predicted octanol–water partition coefficient (Wildman–Crippen LogP) is 1.96. The summed E-state index contributed by atoms with van der Waals surface area (Å²) in [6.07, 6.45) is -1.68. The summed E-state index contributed by atoms with van der Waals surface area (Å²) in [6, 6.07) is 0. The molecule has 0 aliphatic rings. The van der Waals surface area contributed by atoms with Gasteiger partial charge in [0.25, 0.3) is 6.43 Å². The van der Waals surface area contributed by atoms with Crippen molar-refractivity contribution in [1.82, 2.24) is 4.98 Å². The molecule has 0 saturated carbocycles. The Hall–Kier alpha value is -1.56. The molecule has 94 valence electrons. The Kier molecular flexibility index (Phi) is 4.51. The highest BCUT2D eigenvalue weighted by Gasteiger charge is 2.24. The van der Waals surface area contributed by atoms with E-state index in [9.17, 15) is 13.6 Å². The molecule has 1 aromatic heterocycles. The average molecular weight is 244 g/mol. The third-order valence-corrected chi connectivity index (χ3v) is 2.36. The number of nitrogens with zero attached hydrogens (tertiary/aromatic N) is 1. The third-order valence-electron chi connectivity index (χ3n) is 2.36. The van der Waals surface area contributed by atoms with E-state index in [1.54, 1.807) is 13.8 Å². The fourth-order valence-corrected chi connectivity index (χ4v) is 1.54. The second-order valence-corrected chi connectivity index (χ2v) is 3.37. The van der Waals surface area contributed by atoms with E-state index >= 15 is 0 Å². The number of hydrogen-bond acceptors (Lipinski definition) is 4. The number of carbonyl (C=O) groups excluding carboxylic acids is 1. The summed E-state index contributed by atoms with van der Waals surface area (Å²) in [5.74, 6) is -0.801. The molecule has 0 aliphatic carbocycles. The lowest BCUT2D eigenvalue weighted by Crippen LogP contribution is -2.15. The van der Waals surface area contributed by atoms with Crippen LogP contribution in [0.25, 0.3) is 0 Å². The van der Waals surface area contributed by atoms with E-state index in [1.165, 1.54) is 0 Å². The fraction of sp³-hybridized carbons (Fsp3) is 0.455. The van der Waals surface area contributed by atoms with Gasteiger partial charge in [0.1, 0.15) is 0 Å². The van der Waals surface area contributed by atoms with Gasteiger partial charge in [-0.3, -0.25) is 4.98 Å². The predicted molar refractivity (Wildman–Crippen MR) is 57.8 cm³/mol. The summed E-state index contributed by atoms with van der Waals surface area (Å²) in [5.41, 5.74) is 5.41. The number of ether oxygens (including phenoxy) is 1. The minimum atomic E-state index is -2.78. The van der Waals surface area contributed by atoms with Crippen LogP contribution in [0.3, 0.4) is 0 Å². The van der Waals surface area contributed by atoms with Gasteiger partial charge in [-0.15, -0.1) is 0 Å². The topological polar surface area (TPSA) is 65.2 Å². The second kappa shape index (κ2) is 5.67. The molecule has 1 rings (SSSR count). The van der Waals surface area contributed by atoms with Gasteiger partial charge in [0.2, 0.25) is 0 Å². The molecule has 0 aromatic carbocycles. The number of aryl methyl sites for hydroxylation is 1. The minimum Gasteiger partial charge on any atom is -0.462 e. The SMILES string of the molecule is CCOC(=O)c1cnc(C)c(CN)c1C(F)F. The van der Waals surface area contributed by atoms with Crippen molar-refractivity contribution in [2.75, 3.05) is 6.61 Å². The molecular formula is C11H14F2N2O2. The number of aromatic nitrogens is 1. The van der Waals surface area contributed by atoms with Gasteiger partial charge in [0.15, 0.2) is 0 Å². The number of hydrogen-bond donors (Lipinski definition) is 1. The Morgan fingerprint density at radius 3 is 2.71 bits per heavy atom. The van der Waals surface area contributed by atoms with Crippen molar-refractivity contribution in [2.45, 2.75) is 26.8 Å². The van der Waals surface area contributed by atoms with E-state index in [2.05, 4.69) is 4.98 Å². The van der Waals surface area contributed by atoms with Gasteiger partial charge in [-0.05, 0) is 19.4 Å². The maximum absolute atomic E-state index is 13.0. The van der Waals surface area contributed by atoms with E-state index in [-0.39, 0.29) is 29.8 Å². The Balaban J connectivity index is 3.35. The molecule has 0 radical (unpaired) electrons. The van der Waals surface area contributed by atoms with Gasteiger partial charge in [0.05, 0.1) is 12.2 Å². The quantitative estimate of drug-likeness (QED) is 0.822. The van der Waals surface area contributed by atoms with Crippen molar-refractivity contribution in [3.63, 3.8) is 0 Å². The van der Waals surface area contributed by atoms with Crippen molar-refractivity contribution in [2.24, 2.45) is 5.73 Å². The molecule has 1 aromatic rings. The summed E-state index contributed by atoms with van der Waals surface area (Å²) >= 11 is 0. The molecule has 0 atom stereocenters. The summed E-state index contributed by atoms with van der Waals surface area (Å²) in [6.45, 7) is 3.20. The third kappa shape index (κ3) is 2.76. The molecule has 0 saturated heterocycles. The normalized spacial score (nSPS) is 10.7. The first-order chi connectivity index (χ1) is 8.02. The fourth-order valence-electron chi connectivity index (χ4n) is 1.54. The van der Waals surface area contributed by atoms with Gasteiger partial charge in [-0.1, -0.05) is 0 Å². The Bertz CT molecular complexity index is 422. The molecule has 1 heterocycles. The number of carbonyl (C=O) groups is 1. The number of nitrogens with two attached hydrogens (primary N) is 1. The molecule has 0 unspecified atom stereocenters. The molecular weight excluding hydrogens is 230 g/mol. The molecule has 0 spiro atoms. The molecule has 2 N–H and O–H groups in total. The summed E-state index contributed by atoms with van der Waals surface area (Å²) in [5, 5.41) is 0. The van der Waals surface area contributed by atoms with Crippen molar-refractivity contribution in [1.29, 1.82) is 0 Å². The Morgan fingerprint density at radius 2 is 2.24 bits per heavy atom. The first-order valence-electron chi connectivity index (χ1n) is 5.16. The smallest absolute Gasteiger partial charge is 0.340 e. The van der Waals surface area contributed by atoms with Gasteiger partial charge >= 0.3 is 5.97 Å². The van der Waals surface area contributed by atoms with Crippen LogP contribution in [-0.4, -0.2) is 17.6 Å². The molecule has 6 heteroatoms. The summed E-state index contributed by atoms with van der Waals surface area (Å²) < 4.78 is 30.6. The molecule has 4 nitrogen and oxygen atoms in total.